The van der Waals surface area contributed by atoms with Gasteiger partial charge in [-0.1, -0.05) is 40.6 Å². The molecule has 0 bridgehead atoms. The van der Waals surface area contributed by atoms with Gasteiger partial charge in [0.2, 0.25) is 5.91 Å². The summed E-state index contributed by atoms with van der Waals surface area (Å²) in [7, 11) is -3.73. The summed E-state index contributed by atoms with van der Waals surface area (Å²) in [6.45, 7) is 2.68. The summed E-state index contributed by atoms with van der Waals surface area (Å²) in [6.07, 6.45) is 1.20. The summed E-state index contributed by atoms with van der Waals surface area (Å²) in [5, 5.41) is 1.52. The maximum atomic E-state index is 13.3. The first-order valence-corrected chi connectivity index (χ1v) is 14.0. The van der Waals surface area contributed by atoms with Crippen molar-refractivity contribution in [3.63, 3.8) is 0 Å². The molecule has 1 atom stereocenters. The minimum absolute atomic E-state index is 0.124. The van der Waals surface area contributed by atoms with E-state index in [0.717, 1.165) is 26.7 Å². The normalized spacial score (nSPS) is 20.4. The van der Waals surface area contributed by atoms with Crippen LogP contribution in [0.5, 0.6) is 0 Å². The molecule has 5 rings (SSSR count). The molecule has 0 radical (unpaired) electrons. The number of amides is 1. The molecule has 1 amide bonds. The quantitative estimate of drug-likeness (QED) is 0.506. The molecule has 32 heavy (non-hydrogen) atoms. The van der Waals surface area contributed by atoms with Gasteiger partial charge >= 0.3 is 0 Å². The summed E-state index contributed by atoms with van der Waals surface area (Å²) in [6, 6.07) is 8.15. The highest BCUT2D eigenvalue weighted by atomic mass is 35.5. The Morgan fingerprint density at radius 3 is 2.50 bits per heavy atom. The number of nitrogens with zero attached hydrogens (tertiary/aromatic N) is 4. The van der Waals surface area contributed by atoms with Crippen molar-refractivity contribution in [2.75, 3.05) is 37.6 Å². The molecule has 7 nitrogen and oxygen atoms in total. The Bertz CT molecular complexity index is 1270. The van der Waals surface area contributed by atoms with E-state index in [2.05, 4.69) is 9.88 Å². The third-order valence-electron chi connectivity index (χ3n) is 5.82. The van der Waals surface area contributed by atoms with Crippen LogP contribution in [0.4, 0.5) is 5.13 Å². The predicted molar refractivity (Wildman–Crippen MR) is 130 cm³/mol. The van der Waals surface area contributed by atoms with Gasteiger partial charge in [0, 0.05) is 32.7 Å². The number of benzene rings is 1. The first-order valence-electron chi connectivity index (χ1n) is 10.2. The van der Waals surface area contributed by atoms with Crippen molar-refractivity contribution in [1.82, 2.24) is 14.2 Å². The molecule has 2 aliphatic rings. The fraction of sp³-hybridized carbons (Fsp3) is 0.400. The van der Waals surface area contributed by atoms with E-state index in [-0.39, 0.29) is 10.1 Å². The Kier molecular flexibility index (Phi) is 6.10. The van der Waals surface area contributed by atoms with Gasteiger partial charge in [-0.25, -0.2) is 13.4 Å². The van der Waals surface area contributed by atoms with E-state index in [0.29, 0.717) is 54.9 Å². The zero-order chi connectivity index (χ0) is 22.5. The van der Waals surface area contributed by atoms with Crippen LogP contribution in [0.15, 0.2) is 34.5 Å². The lowest BCUT2D eigenvalue weighted by molar-refractivity contribution is -0.134. The van der Waals surface area contributed by atoms with Crippen LogP contribution in [0.1, 0.15) is 12.8 Å². The third kappa shape index (κ3) is 4.01. The lowest BCUT2D eigenvalue weighted by Gasteiger charge is -2.37. The number of thiazole rings is 1. The summed E-state index contributed by atoms with van der Waals surface area (Å²) < 4.78 is 29.1. The predicted octanol–water partition coefficient (Wildman–Crippen LogP) is 4.17. The van der Waals surface area contributed by atoms with E-state index in [9.17, 15) is 13.2 Å². The average molecular weight is 532 g/mol. The second-order valence-electron chi connectivity index (χ2n) is 7.73. The zero-order valence-electron chi connectivity index (χ0n) is 16.9. The molecule has 0 unspecified atom stereocenters. The minimum Gasteiger partial charge on any atom is -0.345 e. The van der Waals surface area contributed by atoms with Crippen LogP contribution >= 0.6 is 45.9 Å². The van der Waals surface area contributed by atoms with Gasteiger partial charge in [-0.3, -0.25) is 4.79 Å². The van der Waals surface area contributed by atoms with Crippen LogP contribution < -0.4 is 4.90 Å². The lowest BCUT2D eigenvalue weighted by Crippen LogP contribution is -2.54. The van der Waals surface area contributed by atoms with Crippen LogP contribution in [-0.2, 0) is 14.8 Å². The Labute approximate surface area is 204 Å². The molecule has 3 aromatic rings. The number of hydrogen-bond donors (Lipinski definition) is 0. The van der Waals surface area contributed by atoms with E-state index in [1.165, 1.54) is 10.4 Å². The maximum Gasteiger partial charge on any atom is 0.253 e. The van der Waals surface area contributed by atoms with Gasteiger partial charge in [-0.15, -0.1) is 11.3 Å². The standard InChI is InChI=1S/C20H20Cl2N4O3S3/c21-13-3-1-5-15-18(13)23-20(30-15)25-11-9-24(10-12-25)19(27)14-4-2-8-26(14)32(28,29)17-7-6-16(22)31-17/h1,3,5-7,14H,2,4,8-12H2/t14-/m1/s1. The van der Waals surface area contributed by atoms with Crippen molar-refractivity contribution in [1.29, 1.82) is 0 Å². The highest BCUT2D eigenvalue weighted by molar-refractivity contribution is 7.91. The van der Waals surface area contributed by atoms with Crippen molar-refractivity contribution in [3.8, 4) is 0 Å². The topological polar surface area (TPSA) is 73.8 Å². The van der Waals surface area contributed by atoms with Gasteiger partial charge < -0.3 is 9.80 Å². The molecule has 4 heterocycles. The molecule has 2 saturated heterocycles. The number of thiophene rings is 1. The number of aromatic nitrogens is 1. The molecule has 0 N–H and O–H groups in total. The molecule has 0 aliphatic carbocycles. The number of anilines is 1. The largest absolute Gasteiger partial charge is 0.345 e. The Hall–Kier alpha value is -1.43. The lowest BCUT2D eigenvalue weighted by atomic mass is 10.2. The van der Waals surface area contributed by atoms with Crippen molar-refractivity contribution in [2.45, 2.75) is 23.1 Å². The van der Waals surface area contributed by atoms with Crippen LogP contribution in [0.2, 0.25) is 9.36 Å². The molecule has 0 saturated carbocycles. The number of hydrogen-bond acceptors (Lipinski definition) is 7. The summed E-state index contributed by atoms with van der Waals surface area (Å²) in [5.41, 5.74) is 0.799. The Morgan fingerprint density at radius 1 is 1.03 bits per heavy atom. The molecular weight excluding hydrogens is 511 g/mol. The average Bonchev–Trinajstić information content (AvgIpc) is 3.53. The zero-order valence-corrected chi connectivity index (χ0v) is 20.9. The van der Waals surface area contributed by atoms with Gasteiger partial charge in [-0.05, 0) is 37.1 Å². The molecule has 1 aromatic carbocycles. The number of sulfonamides is 1. The number of rotatable bonds is 4. The second-order valence-corrected chi connectivity index (χ2v) is 13.0. The molecule has 2 aliphatic heterocycles. The maximum absolute atomic E-state index is 13.3. The smallest absolute Gasteiger partial charge is 0.253 e. The van der Waals surface area contributed by atoms with E-state index in [4.69, 9.17) is 23.2 Å². The first-order chi connectivity index (χ1) is 15.3. The van der Waals surface area contributed by atoms with Crippen molar-refractivity contribution < 1.29 is 13.2 Å². The number of carbonyl (C=O) groups is 1. The van der Waals surface area contributed by atoms with E-state index in [1.807, 2.05) is 18.2 Å². The van der Waals surface area contributed by atoms with Crippen molar-refractivity contribution in [3.05, 3.63) is 39.7 Å². The first kappa shape index (κ1) is 22.4. The highest BCUT2D eigenvalue weighted by Gasteiger charge is 2.42. The van der Waals surface area contributed by atoms with Crippen molar-refractivity contribution in [2.24, 2.45) is 0 Å². The van der Waals surface area contributed by atoms with Crippen LogP contribution in [0, 0.1) is 0 Å². The fourth-order valence-electron chi connectivity index (χ4n) is 4.19. The molecule has 170 valence electrons. The van der Waals surface area contributed by atoms with E-state index < -0.39 is 16.1 Å². The molecular formula is C20H20Cl2N4O3S3. The van der Waals surface area contributed by atoms with E-state index >= 15 is 0 Å². The Balaban J connectivity index is 1.28. The van der Waals surface area contributed by atoms with Crippen LogP contribution in [0.3, 0.4) is 0 Å². The summed E-state index contributed by atoms with van der Waals surface area (Å²) in [4.78, 5) is 21.9. The summed E-state index contributed by atoms with van der Waals surface area (Å²) in [5.74, 6) is -0.124. The highest BCUT2D eigenvalue weighted by Crippen LogP contribution is 2.35. The number of fused-ring (bicyclic) bond motifs is 1. The van der Waals surface area contributed by atoms with Crippen LogP contribution in [-0.4, -0.2) is 67.3 Å². The SMILES string of the molecule is O=C([C@H]1CCCN1S(=O)(=O)c1ccc(Cl)s1)N1CCN(c2nc3c(Cl)cccc3s2)CC1. The number of piperazine rings is 1. The van der Waals surface area contributed by atoms with Gasteiger partial charge in [-0.2, -0.15) is 4.31 Å². The Morgan fingerprint density at radius 2 is 1.81 bits per heavy atom. The van der Waals surface area contributed by atoms with Gasteiger partial charge in [0.15, 0.2) is 5.13 Å². The number of halogens is 2. The molecule has 12 heteroatoms. The fourth-order valence-corrected chi connectivity index (χ4v) is 8.77. The number of carbonyl (C=O) groups excluding carboxylic acids is 1. The third-order valence-corrected chi connectivity index (χ3v) is 10.8. The minimum atomic E-state index is -3.73. The molecule has 2 fully saturated rings. The van der Waals surface area contributed by atoms with E-state index in [1.54, 1.807) is 22.3 Å². The molecule has 0 spiro atoms. The van der Waals surface area contributed by atoms with Crippen LogP contribution in [0.25, 0.3) is 10.2 Å². The second kappa shape index (κ2) is 8.73. The number of para-hydroxylation sites is 1. The van der Waals surface area contributed by atoms with Gasteiger partial charge in [0.05, 0.1) is 14.1 Å². The van der Waals surface area contributed by atoms with Gasteiger partial charge in [0.25, 0.3) is 10.0 Å². The van der Waals surface area contributed by atoms with Crippen molar-refractivity contribution >= 4 is 77.2 Å². The molecule has 2 aromatic heterocycles. The monoisotopic (exact) mass is 530 g/mol. The summed E-state index contributed by atoms with van der Waals surface area (Å²) >= 11 is 14.8. The van der Waals surface area contributed by atoms with Gasteiger partial charge in [0.1, 0.15) is 15.8 Å².